The molecule has 0 atom stereocenters. The van der Waals surface area contributed by atoms with Crippen molar-refractivity contribution in [2.45, 2.75) is 13.8 Å². The number of phenolic OH excluding ortho intramolecular Hbond substituents is 1. The molecule has 0 fully saturated rings. The minimum atomic E-state index is -0.00758. The normalized spacial score (nSPS) is 11.0. The zero-order valence-electron chi connectivity index (χ0n) is 7.91. The van der Waals surface area contributed by atoms with Crippen molar-refractivity contribution in [1.82, 2.24) is 0 Å². The summed E-state index contributed by atoms with van der Waals surface area (Å²) in [5, 5.41) is 18.1. The van der Waals surface area contributed by atoms with Crippen LogP contribution in [0.2, 0.25) is 0 Å². The molecule has 0 aliphatic carbocycles. The lowest BCUT2D eigenvalue weighted by molar-refractivity contribution is 0.343. The highest BCUT2D eigenvalue weighted by atomic mass is 16.3. The van der Waals surface area contributed by atoms with Crippen LogP contribution < -0.4 is 0 Å². The van der Waals surface area contributed by atoms with Crippen LogP contribution in [-0.4, -0.2) is 16.8 Å². The van der Waals surface area contributed by atoms with Crippen molar-refractivity contribution in [3.63, 3.8) is 0 Å². The summed E-state index contributed by atoms with van der Waals surface area (Å²) >= 11 is 0. The first-order chi connectivity index (χ1) is 6.15. The number of aliphatic hydroxyl groups excluding tert-OH is 1. The molecule has 0 radical (unpaired) electrons. The van der Waals surface area contributed by atoms with E-state index in [1.807, 2.05) is 19.9 Å². The Hall–Kier alpha value is -1.28. The zero-order chi connectivity index (χ0) is 9.84. The van der Waals surface area contributed by atoms with E-state index in [4.69, 9.17) is 5.11 Å². The van der Waals surface area contributed by atoms with Crippen LogP contribution in [0.1, 0.15) is 16.7 Å². The van der Waals surface area contributed by atoms with E-state index in [1.165, 1.54) is 0 Å². The van der Waals surface area contributed by atoms with Crippen LogP contribution >= 0.6 is 0 Å². The molecule has 2 N–H and O–H groups in total. The molecule has 1 aromatic rings. The van der Waals surface area contributed by atoms with E-state index in [1.54, 1.807) is 18.2 Å². The fraction of sp³-hybridized carbons (Fsp3) is 0.273. The highest BCUT2D eigenvalue weighted by molar-refractivity contribution is 5.59. The third kappa shape index (κ3) is 2.33. The summed E-state index contributed by atoms with van der Waals surface area (Å²) in [4.78, 5) is 0. The summed E-state index contributed by atoms with van der Waals surface area (Å²) < 4.78 is 0. The first-order valence-corrected chi connectivity index (χ1v) is 4.22. The summed E-state index contributed by atoms with van der Waals surface area (Å²) in [6.45, 7) is 3.94. The van der Waals surface area contributed by atoms with Gasteiger partial charge in [0, 0.05) is 5.56 Å². The summed E-state index contributed by atoms with van der Waals surface area (Å²) in [5.74, 6) is 0.257. The molecule has 1 aromatic carbocycles. The second-order valence-electron chi connectivity index (χ2n) is 3.08. The Morgan fingerprint density at radius 2 is 1.85 bits per heavy atom. The zero-order valence-corrected chi connectivity index (χ0v) is 7.91. The Morgan fingerprint density at radius 3 is 2.46 bits per heavy atom. The number of hydrogen-bond acceptors (Lipinski definition) is 2. The summed E-state index contributed by atoms with van der Waals surface area (Å²) in [6.07, 6.45) is 3.31. The molecule has 0 bridgehead atoms. The maximum absolute atomic E-state index is 9.51. The van der Waals surface area contributed by atoms with Gasteiger partial charge in [-0.25, -0.2) is 0 Å². The monoisotopic (exact) mass is 178 g/mol. The number of aliphatic hydroxyl groups is 1. The molecule has 0 unspecified atom stereocenters. The molecule has 2 heteroatoms. The van der Waals surface area contributed by atoms with Crippen molar-refractivity contribution in [2.24, 2.45) is 0 Å². The average molecular weight is 178 g/mol. The molecular formula is C11H14O2. The number of benzene rings is 1. The maximum Gasteiger partial charge on any atom is 0.123 e. The van der Waals surface area contributed by atoms with Gasteiger partial charge in [0.25, 0.3) is 0 Å². The molecular weight excluding hydrogens is 164 g/mol. The predicted octanol–water partition coefficient (Wildman–Crippen LogP) is 2.01. The van der Waals surface area contributed by atoms with Gasteiger partial charge in [-0.15, -0.1) is 0 Å². The van der Waals surface area contributed by atoms with Crippen LogP contribution in [0.5, 0.6) is 5.75 Å². The number of aromatic hydroxyl groups is 1. The number of hydrogen-bond donors (Lipinski definition) is 2. The standard InChI is InChI=1S/C11H14O2/c1-8-6-10(4-3-5-12)11(13)7-9(8)2/h3-4,6-7,12-13H,5H2,1-2H3/b4-3+. The van der Waals surface area contributed by atoms with E-state index in [0.29, 0.717) is 0 Å². The molecule has 0 aromatic heterocycles. The van der Waals surface area contributed by atoms with Gasteiger partial charge >= 0.3 is 0 Å². The van der Waals surface area contributed by atoms with E-state index in [2.05, 4.69) is 0 Å². The van der Waals surface area contributed by atoms with Crippen molar-refractivity contribution < 1.29 is 10.2 Å². The lowest BCUT2D eigenvalue weighted by Gasteiger charge is -2.04. The predicted molar refractivity (Wildman–Crippen MR) is 53.7 cm³/mol. The summed E-state index contributed by atoms with van der Waals surface area (Å²) in [7, 11) is 0. The maximum atomic E-state index is 9.51. The Labute approximate surface area is 78.2 Å². The fourth-order valence-corrected chi connectivity index (χ4v) is 1.14. The SMILES string of the molecule is Cc1cc(O)c(/C=C/CO)cc1C. The highest BCUT2D eigenvalue weighted by Crippen LogP contribution is 2.22. The molecule has 0 heterocycles. The first kappa shape index (κ1) is 9.81. The third-order valence-corrected chi connectivity index (χ3v) is 2.05. The van der Waals surface area contributed by atoms with Crippen molar-refractivity contribution in [1.29, 1.82) is 0 Å². The van der Waals surface area contributed by atoms with Gasteiger partial charge < -0.3 is 10.2 Å². The van der Waals surface area contributed by atoms with Crippen molar-refractivity contribution >= 4 is 6.08 Å². The van der Waals surface area contributed by atoms with Gasteiger partial charge in [0.1, 0.15) is 5.75 Å². The van der Waals surface area contributed by atoms with Gasteiger partial charge in [-0.05, 0) is 37.1 Å². The average Bonchev–Trinajstić information content (AvgIpc) is 2.09. The smallest absolute Gasteiger partial charge is 0.123 e. The quantitative estimate of drug-likeness (QED) is 0.727. The molecule has 13 heavy (non-hydrogen) atoms. The third-order valence-electron chi connectivity index (χ3n) is 2.05. The van der Waals surface area contributed by atoms with E-state index in [0.717, 1.165) is 16.7 Å². The Kier molecular flexibility index (Phi) is 3.09. The fourth-order valence-electron chi connectivity index (χ4n) is 1.14. The topological polar surface area (TPSA) is 40.5 Å². The Bertz CT molecular complexity index is 327. The Morgan fingerprint density at radius 1 is 1.23 bits per heavy atom. The van der Waals surface area contributed by atoms with Gasteiger partial charge in [0.05, 0.1) is 6.61 Å². The van der Waals surface area contributed by atoms with Crippen molar-refractivity contribution in [2.75, 3.05) is 6.61 Å². The van der Waals surface area contributed by atoms with Gasteiger partial charge in [-0.2, -0.15) is 0 Å². The van der Waals surface area contributed by atoms with Gasteiger partial charge in [0.2, 0.25) is 0 Å². The molecule has 2 nitrogen and oxygen atoms in total. The molecule has 0 aliphatic rings. The van der Waals surface area contributed by atoms with Crippen LogP contribution in [0.3, 0.4) is 0 Å². The number of aryl methyl sites for hydroxylation is 2. The van der Waals surface area contributed by atoms with E-state index in [-0.39, 0.29) is 12.4 Å². The van der Waals surface area contributed by atoms with E-state index < -0.39 is 0 Å². The van der Waals surface area contributed by atoms with Crippen molar-refractivity contribution in [3.8, 4) is 5.75 Å². The van der Waals surface area contributed by atoms with Crippen LogP contribution in [0, 0.1) is 13.8 Å². The van der Waals surface area contributed by atoms with Gasteiger partial charge in [-0.3, -0.25) is 0 Å². The number of rotatable bonds is 2. The first-order valence-electron chi connectivity index (χ1n) is 4.22. The lowest BCUT2D eigenvalue weighted by atomic mass is 10.0. The van der Waals surface area contributed by atoms with Gasteiger partial charge in [-0.1, -0.05) is 12.2 Å². The lowest BCUT2D eigenvalue weighted by Crippen LogP contribution is -1.84. The molecule has 0 spiro atoms. The molecule has 1 rings (SSSR count). The van der Waals surface area contributed by atoms with Gasteiger partial charge in [0.15, 0.2) is 0 Å². The van der Waals surface area contributed by atoms with Crippen LogP contribution in [0.25, 0.3) is 6.08 Å². The summed E-state index contributed by atoms with van der Waals surface area (Å²) in [6, 6.07) is 3.63. The Balaban J connectivity index is 3.08. The van der Waals surface area contributed by atoms with E-state index in [9.17, 15) is 5.11 Å². The summed E-state index contributed by atoms with van der Waals surface area (Å²) in [5.41, 5.74) is 2.95. The molecule has 70 valence electrons. The van der Waals surface area contributed by atoms with Crippen LogP contribution in [0.4, 0.5) is 0 Å². The molecule has 0 saturated heterocycles. The minimum Gasteiger partial charge on any atom is -0.507 e. The second kappa shape index (κ2) is 4.10. The van der Waals surface area contributed by atoms with Crippen LogP contribution in [0.15, 0.2) is 18.2 Å². The molecule has 0 saturated carbocycles. The largest absolute Gasteiger partial charge is 0.507 e. The highest BCUT2D eigenvalue weighted by Gasteiger charge is 2.00. The number of phenols is 1. The minimum absolute atomic E-state index is 0.00758. The molecule has 0 aliphatic heterocycles. The van der Waals surface area contributed by atoms with E-state index >= 15 is 0 Å². The second-order valence-corrected chi connectivity index (χ2v) is 3.08. The van der Waals surface area contributed by atoms with Crippen molar-refractivity contribution in [3.05, 3.63) is 34.9 Å². The molecule has 0 amide bonds. The van der Waals surface area contributed by atoms with Crippen LogP contribution in [-0.2, 0) is 0 Å².